The van der Waals surface area contributed by atoms with Crippen LogP contribution in [0.5, 0.6) is 0 Å². The fraction of sp³-hybridized carbons (Fsp3) is 0.524. The molecule has 1 atom stereocenters. The van der Waals surface area contributed by atoms with Crippen molar-refractivity contribution < 1.29 is 4.74 Å². The van der Waals surface area contributed by atoms with Crippen LogP contribution in [0.4, 0.5) is 23.1 Å². The lowest BCUT2D eigenvalue weighted by Crippen LogP contribution is -2.36. The van der Waals surface area contributed by atoms with Crippen molar-refractivity contribution in [3.05, 3.63) is 36.0 Å². The van der Waals surface area contributed by atoms with E-state index in [9.17, 15) is 0 Å². The molecule has 2 saturated heterocycles. The summed E-state index contributed by atoms with van der Waals surface area (Å²) in [6.07, 6.45) is 2.50. The highest BCUT2D eigenvalue weighted by Gasteiger charge is 2.20. The fourth-order valence-electron chi connectivity index (χ4n) is 3.93. The number of para-hydroxylation sites is 2. The number of hydrogen-bond acceptors (Lipinski definition) is 6. The van der Waals surface area contributed by atoms with E-state index in [1.165, 1.54) is 18.5 Å². The molecule has 0 bridgehead atoms. The van der Waals surface area contributed by atoms with Gasteiger partial charge in [-0.1, -0.05) is 19.1 Å². The van der Waals surface area contributed by atoms with E-state index in [4.69, 9.17) is 14.7 Å². The van der Waals surface area contributed by atoms with Gasteiger partial charge in [-0.25, -0.2) is 4.98 Å². The Morgan fingerprint density at radius 1 is 1.07 bits per heavy atom. The van der Waals surface area contributed by atoms with E-state index in [0.717, 1.165) is 62.5 Å². The molecule has 2 aromatic rings. The summed E-state index contributed by atoms with van der Waals surface area (Å²) in [7, 11) is 0. The molecule has 1 aromatic carbocycles. The minimum atomic E-state index is 0.696. The van der Waals surface area contributed by atoms with Gasteiger partial charge in [0.1, 0.15) is 5.82 Å². The highest BCUT2D eigenvalue weighted by molar-refractivity contribution is 5.74. The Kier molecular flexibility index (Phi) is 5.43. The maximum atomic E-state index is 5.50. The number of benzene rings is 1. The number of nitrogens with one attached hydrogen (secondary N) is 1. The van der Waals surface area contributed by atoms with Gasteiger partial charge in [0.2, 0.25) is 5.95 Å². The first-order valence-electron chi connectivity index (χ1n) is 9.98. The molecule has 6 nitrogen and oxygen atoms in total. The molecule has 4 rings (SSSR count). The summed E-state index contributed by atoms with van der Waals surface area (Å²) in [5, 5.41) is 3.54. The second kappa shape index (κ2) is 8.13. The van der Waals surface area contributed by atoms with Crippen molar-refractivity contribution in [1.82, 2.24) is 9.97 Å². The highest BCUT2D eigenvalue weighted by Crippen LogP contribution is 2.30. The molecule has 144 valence electrons. The Balaban J connectivity index is 1.58. The molecule has 0 radical (unpaired) electrons. The van der Waals surface area contributed by atoms with Gasteiger partial charge in [0.25, 0.3) is 0 Å². The van der Waals surface area contributed by atoms with Crippen LogP contribution in [0.1, 0.15) is 25.5 Å². The fourth-order valence-corrected chi connectivity index (χ4v) is 3.93. The van der Waals surface area contributed by atoms with Crippen LogP contribution in [0.3, 0.4) is 0 Å². The maximum Gasteiger partial charge on any atom is 0.227 e. The van der Waals surface area contributed by atoms with E-state index in [1.807, 2.05) is 13.0 Å². The molecule has 3 heterocycles. The lowest BCUT2D eigenvalue weighted by molar-refractivity contribution is 0.123. The molecule has 2 fully saturated rings. The smallest absolute Gasteiger partial charge is 0.227 e. The average Bonchev–Trinajstić information content (AvgIpc) is 2.69. The van der Waals surface area contributed by atoms with E-state index in [1.54, 1.807) is 0 Å². The van der Waals surface area contributed by atoms with Gasteiger partial charge >= 0.3 is 0 Å². The quantitative estimate of drug-likeness (QED) is 0.891. The normalized spacial score (nSPS) is 20.6. The van der Waals surface area contributed by atoms with Gasteiger partial charge in [-0.3, -0.25) is 0 Å². The molecule has 2 aliphatic rings. The standard InChI is InChI=1S/C21H29N5O/c1-16-6-5-9-26(15-16)21-22-17(2)14-20(24-21)23-18-7-3-4-8-19(18)25-10-12-27-13-11-25/h3-4,7-8,14,16H,5-6,9-13,15H2,1-2H3,(H,22,23,24). The first-order chi connectivity index (χ1) is 13.2. The van der Waals surface area contributed by atoms with Crippen molar-refractivity contribution in [2.75, 3.05) is 54.5 Å². The van der Waals surface area contributed by atoms with Gasteiger partial charge in [0, 0.05) is 37.9 Å². The third kappa shape index (κ3) is 4.33. The number of hydrogen-bond donors (Lipinski definition) is 1. The molecule has 27 heavy (non-hydrogen) atoms. The first-order valence-corrected chi connectivity index (χ1v) is 9.98. The number of morpholine rings is 1. The lowest BCUT2D eigenvalue weighted by atomic mass is 10.0. The van der Waals surface area contributed by atoms with E-state index in [0.29, 0.717) is 5.92 Å². The zero-order valence-corrected chi connectivity index (χ0v) is 16.3. The topological polar surface area (TPSA) is 53.5 Å². The molecule has 0 amide bonds. The maximum absolute atomic E-state index is 5.50. The first kappa shape index (κ1) is 18.0. The lowest BCUT2D eigenvalue weighted by Gasteiger charge is -2.32. The molecule has 1 unspecified atom stereocenters. The number of rotatable bonds is 4. The van der Waals surface area contributed by atoms with Crippen LogP contribution in [0.2, 0.25) is 0 Å². The number of ether oxygens (including phenoxy) is 1. The van der Waals surface area contributed by atoms with Crippen LogP contribution >= 0.6 is 0 Å². The predicted octanol–water partition coefficient (Wildman–Crippen LogP) is 3.60. The van der Waals surface area contributed by atoms with Crippen LogP contribution in [0.25, 0.3) is 0 Å². The number of piperidine rings is 1. The Bertz CT molecular complexity index is 775. The third-order valence-electron chi connectivity index (χ3n) is 5.30. The van der Waals surface area contributed by atoms with Crippen molar-refractivity contribution in [3.63, 3.8) is 0 Å². The summed E-state index contributed by atoms with van der Waals surface area (Å²) in [6, 6.07) is 10.4. The van der Waals surface area contributed by atoms with Gasteiger partial charge in [-0.05, 0) is 37.8 Å². The Morgan fingerprint density at radius 2 is 1.89 bits per heavy atom. The van der Waals surface area contributed by atoms with Crippen molar-refractivity contribution in [2.45, 2.75) is 26.7 Å². The third-order valence-corrected chi connectivity index (χ3v) is 5.30. The summed E-state index contributed by atoms with van der Waals surface area (Å²) in [4.78, 5) is 14.2. The van der Waals surface area contributed by atoms with Crippen LogP contribution in [-0.4, -0.2) is 49.4 Å². The second-order valence-corrected chi connectivity index (χ2v) is 7.63. The summed E-state index contributed by atoms with van der Waals surface area (Å²) in [6.45, 7) is 9.80. The largest absolute Gasteiger partial charge is 0.378 e. The number of anilines is 4. The highest BCUT2D eigenvalue weighted by atomic mass is 16.5. The van der Waals surface area contributed by atoms with Gasteiger partial charge in [0.15, 0.2) is 0 Å². The van der Waals surface area contributed by atoms with E-state index < -0.39 is 0 Å². The molecule has 2 aliphatic heterocycles. The van der Waals surface area contributed by atoms with Gasteiger partial charge in [-0.15, -0.1) is 0 Å². The van der Waals surface area contributed by atoms with Crippen molar-refractivity contribution in [1.29, 1.82) is 0 Å². The van der Waals surface area contributed by atoms with Gasteiger partial charge in [-0.2, -0.15) is 4.98 Å². The Morgan fingerprint density at radius 3 is 2.70 bits per heavy atom. The number of aryl methyl sites for hydroxylation is 1. The molecule has 1 aromatic heterocycles. The predicted molar refractivity (Wildman–Crippen MR) is 110 cm³/mol. The van der Waals surface area contributed by atoms with Crippen molar-refractivity contribution in [2.24, 2.45) is 5.92 Å². The molecule has 1 N–H and O–H groups in total. The Labute approximate surface area is 161 Å². The van der Waals surface area contributed by atoms with Crippen LogP contribution in [0.15, 0.2) is 30.3 Å². The zero-order valence-electron chi connectivity index (χ0n) is 16.3. The number of aromatic nitrogens is 2. The van der Waals surface area contributed by atoms with Crippen LogP contribution in [0, 0.1) is 12.8 Å². The summed E-state index contributed by atoms with van der Waals surface area (Å²) < 4.78 is 5.50. The van der Waals surface area contributed by atoms with E-state index in [-0.39, 0.29) is 0 Å². The van der Waals surface area contributed by atoms with Crippen molar-refractivity contribution in [3.8, 4) is 0 Å². The Hall–Kier alpha value is -2.34. The minimum Gasteiger partial charge on any atom is -0.378 e. The molecular formula is C21H29N5O. The van der Waals surface area contributed by atoms with Crippen LogP contribution in [-0.2, 0) is 4.74 Å². The molecule has 0 saturated carbocycles. The second-order valence-electron chi connectivity index (χ2n) is 7.63. The summed E-state index contributed by atoms with van der Waals surface area (Å²) in [5.74, 6) is 2.39. The zero-order chi connectivity index (χ0) is 18.6. The van der Waals surface area contributed by atoms with Crippen LogP contribution < -0.4 is 15.1 Å². The average molecular weight is 367 g/mol. The number of nitrogens with zero attached hydrogens (tertiary/aromatic N) is 4. The molecule has 0 aliphatic carbocycles. The minimum absolute atomic E-state index is 0.696. The molecule has 6 heteroatoms. The van der Waals surface area contributed by atoms with Crippen molar-refractivity contribution >= 4 is 23.1 Å². The van der Waals surface area contributed by atoms with E-state index in [2.05, 4.69) is 46.3 Å². The SMILES string of the molecule is Cc1cc(Nc2ccccc2N2CCOCC2)nc(N2CCCC(C)C2)n1. The molecule has 0 spiro atoms. The monoisotopic (exact) mass is 367 g/mol. The van der Waals surface area contributed by atoms with Gasteiger partial charge < -0.3 is 19.9 Å². The van der Waals surface area contributed by atoms with E-state index >= 15 is 0 Å². The summed E-state index contributed by atoms with van der Waals surface area (Å²) in [5.41, 5.74) is 3.27. The summed E-state index contributed by atoms with van der Waals surface area (Å²) >= 11 is 0. The van der Waals surface area contributed by atoms with Gasteiger partial charge in [0.05, 0.1) is 24.6 Å². The molecular weight excluding hydrogens is 338 g/mol.